The molecule has 2 N–H and O–H groups in total. The Bertz CT molecular complexity index is 686. The second-order valence-electron chi connectivity index (χ2n) is 5.72. The Kier molecular flexibility index (Phi) is 5.63. The highest BCUT2D eigenvalue weighted by Crippen LogP contribution is 2.19. The average molecular weight is 390 g/mol. The van der Waals surface area contributed by atoms with Gasteiger partial charge in [-0.05, 0) is 43.5 Å². The predicted molar refractivity (Wildman–Crippen MR) is 99.4 cm³/mol. The zero-order chi connectivity index (χ0) is 16.8. The van der Waals surface area contributed by atoms with E-state index in [0.29, 0.717) is 5.82 Å². The third-order valence-corrected chi connectivity index (χ3v) is 4.42. The molecule has 126 valence electrons. The van der Waals surface area contributed by atoms with E-state index in [1.54, 1.807) is 6.33 Å². The second kappa shape index (κ2) is 8.10. The summed E-state index contributed by atoms with van der Waals surface area (Å²) in [4.78, 5) is 22.8. The summed E-state index contributed by atoms with van der Waals surface area (Å²) >= 11 is 3.37. The van der Waals surface area contributed by atoms with Gasteiger partial charge in [0.1, 0.15) is 18.0 Å². The standard InChI is InChI=1S/C17H20BrN5O/c18-13-4-6-14(7-5-13)22-17(24)11-19-15-10-16(21-12-20-15)23-8-2-1-3-9-23/h4-7,10,12H,1-3,8-9,11H2,(H,22,24)(H,19,20,21). The minimum absolute atomic E-state index is 0.115. The molecule has 1 fully saturated rings. The van der Waals surface area contributed by atoms with Gasteiger partial charge in [0.15, 0.2) is 0 Å². The molecule has 1 aliphatic heterocycles. The number of amides is 1. The molecule has 1 aliphatic rings. The first-order valence-corrected chi connectivity index (χ1v) is 8.86. The largest absolute Gasteiger partial charge is 0.361 e. The Labute approximate surface area is 149 Å². The van der Waals surface area contributed by atoms with Crippen LogP contribution in [-0.4, -0.2) is 35.5 Å². The van der Waals surface area contributed by atoms with Gasteiger partial charge in [-0.2, -0.15) is 0 Å². The fraction of sp³-hybridized carbons (Fsp3) is 0.353. The molecule has 1 aromatic heterocycles. The molecule has 0 saturated carbocycles. The Morgan fingerprint density at radius 2 is 1.88 bits per heavy atom. The number of benzene rings is 1. The normalized spacial score (nSPS) is 14.3. The minimum atomic E-state index is -0.115. The van der Waals surface area contributed by atoms with Crippen LogP contribution in [0.15, 0.2) is 41.1 Å². The molecule has 0 unspecified atom stereocenters. The van der Waals surface area contributed by atoms with Crippen molar-refractivity contribution in [3.05, 3.63) is 41.1 Å². The summed E-state index contributed by atoms with van der Waals surface area (Å²) in [5.41, 5.74) is 0.765. The van der Waals surface area contributed by atoms with Gasteiger partial charge >= 0.3 is 0 Å². The van der Waals surface area contributed by atoms with Crippen LogP contribution < -0.4 is 15.5 Å². The summed E-state index contributed by atoms with van der Waals surface area (Å²) in [6, 6.07) is 9.37. The molecule has 0 aliphatic carbocycles. The van der Waals surface area contributed by atoms with Gasteiger partial charge < -0.3 is 15.5 Å². The molecule has 0 bridgehead atoms. The number of piperidine rings is 1. The SMILES string of the molecule is O=C(CNc1cc(N2CCCCC2)ncn1)Nc1ccc(Br)cc1. The van der Waals surface area contributed by atoms with Crippen molar-refractivity contribution in [2.45, 2.75) is 19.3 Å². The lowest BCUT2D eigenvalue weighted by atomic mass is 10.1. The Morgan fingerprint density at radius 3 is 2.62 bits per heavy atom. The van der Waals surface area contributed by atoms with Gasteiger partial charge in [0.05, 0.1) is 6.54 Å². The lowest BCUT2D eigenvalue weighted by molar-refractivity contribution is -0.114. The van der Waals surface area contributed by atoms with Crippen molar-refractivity contribution in [3.63, 3.8) is 0 Å². The van der Waals surface area contributed by atoms with Crippen LogP contribution in [-0.2, 0) is 4.79 Å². The number of nitrogens with zero attached hydrogens (tertiary/aromatic N) is 3. The number of hydrogen-bond donors (Lipinski definition) is 2. The van der Waals surface area contributed by atoms with Crippen LogP contribution in [0, 0.1) is 0 Å². The molecule has 2 aromatic rings. The van der Waals surface area contributed by atoms with E-state index in [0.717, 1.165) is 29.1 Å². The number of carbonyl (C=O) groups excluding carboxylic acids is 1. The molecular weight excluding hydrogens is 370 g/mol. The topological polar surface area (TPSA) is 70.2 Å². The molecule has 1 aromatic carbocycles. The van der Waals surface area contributed by atoms with E-state index in [4.69, 9.17) is 0 Å². The summed E-state index contributed by atoms with van der Waals surface area (Å²) in [6.07, 6.45) is 5.21. The van der Waals surface area contributed by atoms with Crippen molar-refractivity contribution in [2.24, 2.45) is 0 Å². The number of aromatic nitrogens is 2. The number of hydrogen-bond acceptors (Lipinski definition) is 5. The van der Waals surface area contributed by atoms with Crippen LogP contribution in [0.5, 0.6) is 0 Å². The maximum Gasteiger partial charge on any atom is 0.243 e. The average Bonchev–Trinajstić information content (AvgIpc) is 2.63. The third kappa shape index (κ3) is 4.67. The fourth-order valence-electron chi connectivity index (χ4n) is 2.65. The van der Waals surface area contributed by atoms with Gasteiger partial charge in [-0.1, -0.05) is 15.9 Å². The summed E-state index contributed by atoms with van der Waals surface area (Å²) in [5, 5.41) is 5.90. The quantitative estimate of drug-likeness (QED) is 0.820. The number of halogens is 1. The summed E-state index contributed by atoms with van der Waals surface area (Å²) in [6.45, 7) is 2.22. The van der Waals surface area contributed by atoms with Crippen LogP contribution in [0.2, 0.25) is 0 Å². The molecule has 7 heteroatoms. The molecule has 0 atom stereocenters. The maximum absolute atomic E-state index is 12.0. The molecule has 3 rings (SSSR count). The lowest BCUT2D eigenvalue weighted by Gasteiger charge is -2.27. The maximum atomic E-state index is 12.0. The van der Waals surface area contributed by atoms with E-state index in [1.807, 2.05) is 30.3 Å². The smallest absolute Gasteiger partial charge is 0.243 e. The van der Waals surface area contributed by atoms with Crippen LogP contribution in [0.3, 0.4) is 0 Å². The van der Waals surface area contributed by atoms with E-state index < -0.39 is 0 Å². The van der Waals surface area contributed by atoms with Crippen molar-refractivity contribution >= 4 is 39.2 Å². The van der Waals surface area contributed by atoms with Gasteiger partial charge in [0.25, 0.3) is 0 Å². The number of rotatable bonds is 5. The van der Waals surface area contributed by atoms with Gasteiger partial charge in [0, 0.05) is 29.3 Å². The van der Waals surface area contributed by atoms with Gasteiger partial charge in [-0.25, -0.2) is 9.97 Å². The van der Waals surface area contributed by atoms with Crippen LogP contribution in [0.4, 0.5) is 17.3 Å². The lowest BCUT2D eigenvalue weighted by Crippen LogP contribution is -2.30. The van der Waals surface area contributed by atoms with Gasteiger partial charge in [0.2, 0.25) is 5.91 Å². The molecule has 6 nitrogen and oxygen atoms in total. The second-order valence-corrected chi connectivity index (χ2v) is 6.63. The van der Waals surface area contributed by atoms with Crippen molar-refractivity contribution in [2.75, 3.05) is 35.2 Å². The summed E-state index contributed by atoms with van der Waals surface area (Å²) in [5.74, 6) is 1.47. The van der Waals surface area contributed by atoms with Crippen molar-refractivity contribution < 1.29 is 4.79 Å². The van der Waals surface area contributed by atoms with E-state index in [1.165, 1.54) is 19.3 Å². The highest BCUT2D eigenvalue weighted by Gasteiger charge is 2.13. The monoisotopic (exact) mass is 389 g/mol. The fourth-order valence-corrected chi connectivity index (χ4v) is 2.91. The van der Waals surface area contributed by atoms with Crippen LogP contribution >= 0.6 is 15.9 Å². The first-order valence-electron chi connectivity index (χ1n) is 8.07. The zero-order valence-corrected chi connectivity index (χ0v) is 14.9. The van der Waals surface area contributed by atoms with Crippen LogP contribution in [0.25, 0.3) is 0 Å². The molecule has 0 radical (unpaired) electrons. The summed E-state index contributed by atoms with van der Waals surface area (Å²) < 4.78 is 0.977. The summed E-state index contributed by atoms with van der Waals surface area (Å²) in [7, 11) is 0. The first-order chi connectivity index (χ1) is 11.7. The molecular formula is C17H20BrN5O. The molecule has 24 heavy (non-hydrogen) atoms. The Morgan fingerprint density at radius 1 is 1.12 bits per heavy atom. The third-order valence-electron chi connectivity index (χ3n) is 3.89. The number of carbonyl (C=O) groups is 1. The first kappa shape index (κ1) is 16.7. The Hall–Kier alpha value is -2.15. The number of anilines is 3. The Balaban J connectivity index is 1.54. The zero-order valence-electron chi connectivity index (χ0n) is 13.3. The van der Waals surface area contributed by atoms with E-state index >= 15 is 0 Å². The molecule has 2 heterocycles. The van der Waals surface area contributed by atoms with Crippen molar-refractivity contribution in [1.29, 1.82) is 0 Å². The van der Waals surface area contributed by atoms with Gasteiger partial charge in [-0.3, -0.25) is 4.79 Å². The van der Waals surface area contributed by atoms with E-state index in [9.17, 15) is 4.79 Å². The van der Waals surface area contributed by atoms with Crippen LogP contribution in [0.1, 0.15) is 19.3 Å². The minimum Gasteiger partial charge on any atom is -0.361 e. The highest BCUT2D eigenvalue weighted by molar-refractivity contribution is 9.10. The van der Waals surface area contributed by atoms with E-state index in [2.05, 4.69) is 41.4 Å². The van der Waals surface area contributed by atoms with E-state index in [-0.39, 0.29) is 12.5 Å². The predicted octanol–water partition coefficient (Wildman–Crippen LogP) is 3.28. The van der Waals surface area contributed by atoms with Crippen molar-refractivity contribution in [1.82, 2.24) is 9.97 Å². The van der Waals surface area contributed by atoms with Gasteiger partial charge in [-0.15, -0.1) is 0 Å². The highest BCUT2D eigenvalue weighted by atomic mass is 79.9. The number of nitrogens with one attached hydrogen (secondary N) is 2. The molecule has 1 amide bonds. The van der Waals surface area contributed by atoms with Crippen molar-refractivity contribution in [3.8, 4) is 0 Å². The molecule has 0 spiro atoms. The molecule has 1 saturated heterocycles.